The van der Waals surface area contributed by atoms with E-state index in [1.807, 2.05) is 0 Å². The minimum absolute atomic E-state index is 0.00125. The van der Waals surface area contributed by atoms with E-state index in [1.54, 1.807) is 6.92 Å². The molecule has 0 aromatic carbocycles. The molecule has 0 unspecified atom stereocenters. The van der Waals surface area contributed by atoms with Gasteiger partial charge in [-0.25, -0.2) is 0 Å². The first-order chi connectivity index (χ1) is 3.31. The lowest BCUT2D eigenvalue weighted by Crippen LogP contribution is -2.27. The summed E-state index contributed by atoms with van der Waals surface area (Å²) >= 11 is 0. The van der Waals surface area contributed by atoms with Crippen LogP contribution in [0, 0.1) is 0 Å². The topological polar surface area (TPSA) is 49.3 Å². The zero-order valence-corrected chi connectivity index (χ0v) is 4.22. The molecule has 2 N–H and O–H groups in total. The van der Waals surface area contributed by atoms with Gasteiger partial charge in [0.15, 0.2) is 0 Å². The number of hydrogen-bond acceptors (Lipinski definition) is 2. The highest BCUT2D eigenvalue weighted by Gasteiger charge is 1.91. The van der Waals surface area contributed by atoms with Crippen LogP contribution in [-0.4, -0.2) is 24.2 Å². The van der Waals surface area contributed by atoms with E-state index in [4.69, 9.17) is 5.11 Å². The number of aliphatic hydroxyl groups is 1. The molecule has 0 saturated carbocycles. The Morgan fingerprint density at radius 3 is 2.71 bits per heavy atom. The highest BCUT2D eigenvalue weighted by Crippen LogP contribution is 1.70. The second-order valence-electron chi connectivity index (χ2n) is 1.37. The van der Waals surface area contributed by atoms with Crippen LogP contribution >= 0.6 is 0 Å². The number of amides is 1. The Labute approximate surface area is 42.3 Å². The Morgan fingerprint density at radius 2 is 2.57 bits per heavy atom. The van der Waals surface area contributed by atoms with Crippen LogP contribution < -0.4 is 5.32 Å². The molecular formula is C4H9NO2. The minimum atomic E-state index is -0.113. The summed E-state index contributed by atoms with van der Waals surface area (Å²) < 4.78 is 0. The normalized spacial score (nSPS) is 12.9. The predicted molar refractivity (Wildman–Crippen MR) is 25.7 cm³/mol. The molecule has 0 aliphatic carbocycles. The first-order valence-electron chi connectivity index (χ1n) is 2.11. The monoisotopic (exact) mass is 103 g/mol. The van der Waals surface area contributed by atoms with Crippen molar-refractivity contribution in [1.29, 1.82) is 0 Å². The highest BCUT2D eigenvalue weighted by atomic mass is 16.3. The van der Waals surface area contributed by atoms with Gasteiger partial charge in [0.05, 0.1) is 6.61 Å². The maximum atomic E-state index is 9.55. The maximum Gasteiger partial charge on any atom is 0.207 e. The first kappa shape index (κ1) is 6.43. The molecule has 0 aliphatic heterocycles. The van der Waals surface area contributed by atoms with E-state index in [9.17, 15) is 4.79 Å². The van der Waals surface area contributed by atoms with E-state index in [2.05, 4.69) is 5.32 Å². The minimum Gasteiger partial charge on any atom is -0.394 e. The second-order valence-corrected chi connectivity index (χ2v) is 1.37. The third-order valence-corrected chi connectivity index (χ3v) is 0.626. The largest absolute Gasteiger partial charge is 0.394 e. The lowest BCUT2D eigenvalue weighted by atomic mass is 10.4. The molecule has 7 heavy (non-hydrogen) atoms. The molecule has 0 rings (SSSR count). The van der Waals surface area contributed by atoms with Gasteiger partial charge in [-0.1, -0.05) is 0 Å². The van der Waals surface area contributed by atoms with Crippen molar-refractivity contribution in [2.24, 2.45) is 0 Å². The Bertz CT molecular complexity index is 55.7. The molecule has 1 amide bonds. The van der Waals surface area contributed by atoms with Crippen LogP contribution in [0.1, 0.15) is 6.92 Å². The SMILES string of the molecule is C[C@H](CO)NC=O. The highest BCUT2D eigenvalue weighted by molar-refractivity contribution is 5.46. The number of aliphatic hydroxyl groups excluding tert-OH is 1. The molecule has 0 bridgehead atoms. The molecule has 0 spiro atoms. The van der Waals surface area contributed by atoms with Crippen LogP contribution in [0.2, 0.25) is 0 Å². The molecule has 0 aliphatic rings. The molecule has 0 aromatic rings. The Balaban J connectivity index is 2.98. The standard InChI is InChI=1S/C4H9NO2/c1-4(2-6)5-3-7/h3-4,6H,2H2,1H3,(H,5,7)/t4-/m1/s1. The lowest BCUT2D eigenvalue weighted by molar-refractivity contribution is -0.110. The first-order valence-corrected chi connectivity index (χ1v) is 2.11. The molecular weight excluding hydrogens is 94.0 g/mol. The lowest BCUT2D eigenvalue weighted by Gasteiger charge is -2.01. The Kier molecular flexibility index (Phi) is 3.32. The summed E-state index contributed by atoms with van der Waals surface area (Å²) in [7, 11) is 0. The summed E-state index contributed by atoms with van der Waals surface area (Å²) in [5, 5.41) is 10.6. The molecule has 3 nitrogen and oxygen atoms in total. The smallest absolute Gasteiger partial charge is 0.207 e. The van der Waals surface area contributed by atoms with Gasteiger partial charge in [-0.3, -0.25) is 4.79 Å². The van der Waals surface area contributed by atoms with Crippen LogP contribution in [0.5, 0.6) is 0 Å². The molecule has 0 radical (unpaired) electrons. The van der Waals surface area contributed by atoms with E-state index in [1.165, 1.54) is 0 Å². The van der Waals surface area contributed by atoms with Crippen LogP contribution in [0.25, 0.3) is 0 Å². The average molecular weight is 103 g/mol. The molecule has 0 fully saturated rings. The van der Waals surface area contributed by atoms with Gasteiger partial charge >= 0.3 is 0 Å². The summed E-state index contributed by atoms with van der Waals surface area (Å²) in [6, 6.07) is -0.113. The molecule has 1 atom stereocenters. The number of hydrogen-bond donors (Lipinski definition) is 2. The van der Waals surface area contributed by atoms with Crippen LogP contribution in [0.15, 0.2) is 0 Å². The Morgan fingerprint density at radius 1 is 2.00 bits per heavy atom. The van der Waals surface area contributed by atoms with Gasteiger partial charge in [0.2, 0.25) is 6.41 Å². The zero-order chi connectivity index (χ0) is 5.70. The van der Waals surface area contributed by atoms with Gasteiger partial charge in [0.1, 0.15) is 0 Å². The fourth-order valence-corrected chi connectivity index (χ4v) is 0.169. The maximum absolute atomic E-state index is 9.55. The summed E-state index contributed by atoms with van der Waals surface area (Å²) in [6.07, 6.45) is 0.570. The number of carbonyl (C=O) groups is 1. The number of rotatable bonds is 3. The third-order valence-electron chi connectivity index (χ3n) is 0.626. The van der Waals surface area contributed by atoms with Crippen molar-refractivity contribution < 1.29 is 9.90 Å². The molecule has 3 heteroatoms. The summed E-state index contributed by atoms with van der Waals surface area (Å²) in [6.45, 7) is 1.72. The van der Waals surface area contributed by atoms with Crippen molar-refractivity contribution in [3.05, 3.63) is 0 Å². The van der Waals surface area contributed by atoms with Gasteiger partial charge in [-0.15, -0.1) is 0 Å². The third kappa shape index (κ3) is 3.26. The van der Waals surface area contributed by atoms with Crippen molar-refractivity contribution >= 4 is 6.41 Å². The van der Waals surface area contributed by atoms with Gasteiger partial charge < -0.3 is 10.4 Å². The fraction of sp³-hybridized carbons (Fsp3) is 0.750. The molecule has 0 saturated heterocycles. The fourth-order valence-electron chi connectivity index (χ4n) is 0.169. The predicted octanol–water partition coefficient (Wildman–Crippen LogP) is -0.887. The summed E-state index contributed by atoms with van der Waals surface area (Å²) in [4.78, 5) is 9.55. The van der Waals surface area contributed by atoms with Crippen molar-refractivity contribution in [2.75, 3.05) is 6.61 Å². The van der Waals surface area contributed by atoms with E-state index in [0.717, 1.165) is 0 Å². The zero-order valence-electron chi connectivity index (χ0n) is 4.22. The number of carbonyl (C=O) groups excluding carboxylic acids is 1. The average Bonchev–Trinajstić information content (AvgIpc) is 1.68. The van der Waals surface area contributed by atoms with Crippen LogP contribution in [0.4, 0.5) is 0 Å². The van der Waals surface area contributed by atoms with Gasteiger partial charge in [0, 0.05) is 6.04 Å². The quantitative estimate of drug-likeness (QED) is 0.455. The second kappa shape index (κ2) is 3.61. The van der Waals surface area contributed by atoms with Crippen molar-refractivity contribution in [1.82, 2.24) is 5.32 Å². The van der Waals surface area contributed by atoms with Gasteiger partial charge in [0.25, 0.3) is 0 Å². The van der Waals surface area contributed by atoms with Gasteiger partial charge in [-0.2, -0.15) is 0 Å². The van der Waals surface area contributed by atoms with Crippen molar-refractivity contribution in [3.8, 4) is 0 Å². The van der Waals surface area contributed by atoms with Crippen molar-refractivity contribution in [3.63, 3.8) is 0 Å². The van der Waals surface area contributed by atoms with E-state index in [0.29, 0.717) is 6.41 Å². The Hall–Kier alpha value is -0.570. The van der Waals surface area contributed by atoms with E-state index >= 15 is 0 Å². The number of nitrogens with one attached hydrogen (secondary N) is 1. The molecule has 0 heterocycles. The molecule has 0 aromatic heterocycles. The van der Waals surface area contributed by atoms with Gasteiger partial charge in [-0.05, 0) is 6.92 Å². The van der Waals surface area contributed by atoms with E-state index < -0.39 is 0 Å². The van der Waals surface area contributed by atoms with E-state index in [-0.39, 0.29) is 12.6 Å². The van der Waals surface area contributed by atoms with Crippen molar-refractivity contribution in [2.45, 2.75) is 13.0 Å². The summed E-state index contributed by atoms with van der Waals surface area (Å²) in [5.74, 6) is 0. The van der Waals surface area contributed by atoms with Crippen LogP contribution in [0.3, 0.4) is 0 Å². The summed E-state index contributed by atoms with van der Waals surface area (Å²) in [5.41, 5.74) is 0. The van der Waals surface area contributed by atoms with Crippen LogP contribution in [-0.2, 0) is 4.79 Å². The molecule has 42 valence electrons.